The molecule has 0 radical (unpaired) electrons. The minimum absolute atomic E-state index is 0.0115. The van der Waals surface area contributed by atoms with E-state index in [1.165, 1.54) is 47.6 Å². The summed E-state index contributed by atoms with van der Waals surface area (Å²) in [5.41, 5.74) is 0.176. The van der Waals surface area contributed by atoms with Crippen LogP contribution < -0.4 is 24.8 Å². The highest BCUT2D eigenvalue weighted by molar-refractivity contribution is 7.90. The topological polar surface area (TPSA) is 195 Å². The van der Waals surface area contributed by atoms with E-state index >= 15 is 0 Å². The van der Waals surface area contributed by atoms with E-state index in [4.69, 9.17) is 24.2 Å². The lowest BCUT2D eigenvalue weighted by atomic mass is 10.0. The first-order chi connectivity index (χ1) is 29.0. The second kappa shape index (κ2) is 17.6. The van der Waals surface area contributed by atoms with Crippen LogP contribution in [0.25, 0.3) is 21.6 Å². The van der Waals surface area contributed by atoms with E-state index in [-0.39, 0.29) is 36.3 Å². The molecule has 3 fully saturated rings. The maximum absolute atomic E-state index is 14.7. The van der Waals surface area contributed by atoms with Gasteiger partial charge >= 0.3 is 6.09 Å². The fourth-order valence-electron chi connectivity index (χ4n) is 8.32. The normalized spacial score (nSPS) is 25.5. The smallest absolute Gasteiger partial charge is 0.408 e. The van der Waals surface area contributed by atoms with Crippen LogP contribution in [0.4, 0.5) is 4.79 Å². The van der Waals surface area contributed by atoms with Crippen LogP contribution in [0.15, 0.2) is 83.1 Å². The number of aromatic nitrogens is 2. The molecule has 316 valence electrons. The van der Waals surface area contributed by atoms with Gasteiger partial charge in [0.05, 0.1) is 34.5 Å². The standard InChI is InChI=1S/C43H48N6O9S2/c1-56-28-19-21-31(22-20-28)60(54,55)48-41(52)43-25-27(43)12-5-3-2-4-6-17-34(46-42(53)58-29-13-7-8-14-29)40(51)49-26-30(24-35(49)38(50)47-43)57-39-37(36-18-11-23-59-36)44-32-15-9-10-16-33(32)45-39/h5,9-12,15-16,18-23,27,29-30,34-35H,2-4,6-8,13-14,17,24-26H2,1H3,(H,46,53)(H,47,50)(H,48,52)/b12-5-/t27?,30-,34+,35+,43-/m1/s1. The molecule has 17 heteroatoms. The highest BCUT2D eigenvalue weighted by Gasteiger charge is 2.61. The van der Waals surface area contributed by atoms with E-state index in [9.17, 15) is 27.6 Å². The molecule has 0 bridgehead atoms. The van der Waals surface area contributed by atoms with E-state index < -0.39 is 63.5 Å². The molecule has 1 unspecified atom stereocenters. The second-order valence-electron chi connectivity index (χ2n) is 15.8. The Morgan fingerprint density at radius 1 is 0.917 bits per heavy atom. The Morgan fingerprint density at radius 2 is 1.67 bits per heavy atom. The number of ether oxygens (including phenoxy) is 3. The lowest BCUT2D eigenvalue weighted by Gasteiger charge is -2.30. The average molecular weight is 857 g/mol. The van der Waals surface area contributed by atoms with Crippen molar-refractivity contribution >= 4 is 56.2 Å². The molecule has 4 heterocycles. The Balaban J connectivity index is 1.10. The van der Waals surface area contributed by atoms with Gasteiger partial charge in [-0.15, -0.1) is 11.3 Å². The number of sulfonamides is 1. The number of carbonyl (C=O) groups excluding carboxylic acids is 4. The molecule has 2 aromatic carbocycles. The van der Waals surface area contributed by atoms with Crippen molar-refractivity contribution in [1.82, 2.24) is 30.2 Å². The Bertz CT molecular complexity index is 2370. The fourth-order valence-corrected chi connectivity index (χ4v) is 10.1. The number of para-hydroxylation sites is 2. The zero-order valence-corrected chi connectivity index (χ0v) is 34.8. The van der Waals surface area contributed by atoms with Gasteiger partial charge in [0.2, 0.25) is 17.7 Å². The van der Waals surface area contributed by atoms with Gasteiger partial charge in [0.15, 0.2) is 0 Å². The third-order valence-corrected chi connectivity index (χ3v) is 13.9. The van der Waals surface area contributed by atoms with Crippen molar-refractivity contribution in [1.29, 1.82) is 0 Å². The molecule has 4 aromatic rings. The van der Waals surface area contributed by atoms with Crippen molar-refractivity contribution in [2.75, 3.05) is 13.7 Å². The van der Waals surface area contributed by atoms with E-state index in [1.807, 2.05) is 53.9 Å². The SMILES string of the molecule is COc1ccc(S(=O)(=O)NC(=O)[C@@]23CC2/C=C\CCCCC[C@H](NC(=O)OC2CCCC2)C(=O)N2C[C@H](Oc4nc5ccccc5nc4-c4cccs4)C[C@H]2C(=O)N3)cc1. The number of carbonyl (C=O) groups is 4. The van der Waals surface area contributed by atoms with Crippen LogP contribution in [-0.2, 0) is 29.1 Å². The summed E-state index contributed by atoms with van der Waals surface area (Å²) in [6.07, 6.45) is 8.85. The number of amides is 4. The Kier molecular flexibility index (Phi) is 12.1. The monoisotopic (exact) mass is 856 g/mol. The Hall–Kier alpha value is -5.55. The summed E-state index contributed by atoms with van der Waals surface area (Å²) in [5, 5.41) is 7.63. The third kappa shape index (κ3) is 8.96. The van der Waals surface area contributed by atoms with Crippen LogP contribution in [0, 0.1) is 5.92 Å². The van der Waals surface area contributed by atoms with Gasteiger partial charge in [-0.2, -0.15) is 0 Å². The molecule has 3 N–H and O–H groups in total. The molecule has 0 spiro atoms. The lowest BCUT2D eigenvalue weighted by molar-refractivity contribution is -0.141. The number of allylic oxidation sites excluding steroid dienone is 1. The molecule has 2 aromatic heterocycles. The molecule has 2 aliphatic heterocycles. The molecule has 60 heavy (non-hydrogen) atoms. The quantitative estimate of drug-likeness (QED) is 0.176. The van der Waals surface area contributed by atoms with E-state index in [0.717, 1.165) is 43.4 Å². The van der Waals surface area contributed by atoms with Crippen molar-refractivity contribution in [3.63, 3.8) is 0 Å². The molecule has 8 rings (SSSR count). The zero-order chi connectivity index (χ0) is 41.9. The molecular weight excluding hydrogens is 809 g/mol. The van der Waals surface area contributed by atoms with Crippen LogP contribution in [0.5, 0.6) is 11.6 Å². The first kappa shape index (κ1) is 41.2. The van der Waals surface area contributed by atoms with Crippen LogP contribution in [-0.4, -0.2) is 90.6 Å². The Labute approximate surface area is 352 Å². The molecule has 1 saturated heterocycles. The van der Waals surface area contributed by atoms with Gasteiger partial charge in [-0.3, -0.25) is 14.4 Å². The summed E-state index contributed by atoms with van der Waals surface area (Å²) in [6, 6.07) is 14.6. The molecular formula is C43H48N6O9S2. The maximum Gasteiger partial charge on any atom is 0.408 e. The average Bonchev–Trinajstić information content (AvgIpc) is 3.74. The number of benzene rings is 2. The van der Waals surface area contributed by atoms with Crippen LogP contribution in [0.1, 0.15) is 70.6 Å². The zero-order valence-electron chi connectivity index (χ0n) is 33.2. The number of methoxy groups -OCH3 is 1. The Morgan fingerprint density at radius 3 is 2.40 bits per heavy atom. The minimum atomic E-state index is -4.34. The maximum atomic E-state index is 14.7. The second-order valence-corrected chi connectivity index (χ2v) is 18.4. The van der Waals surface area contributed by atoms with Gasteiger partial charge < -0.3 is 29.7 Å². The number of thiophene rings is 1. The van der Waals surface area contributed by atoms with Crippen LogP contribution in [0.3, 0.4) is 0 Å². The molecule has 2 aliphatic carbocycles. The lowest BCUT2D eigenvalue weighted by Crippen LogP contribution is -2.58. The minimum Gasteiger partial charge on any atom is -0.497 e. The molecule has 15 nitrogen and oxygen atoms in total. The number of rotatable bonds is 9. The van der Waals surface area contributed by atoms with Crippen LogP contribution in [0.2, 0.25) is 0 Å². The first-order valence-electron chi connectivity index (χ1n) is 20.5. The number of fused-ring (bicyclic) bond motifs is 3. The number of alkyl carbamates (subject to hydrolysis) is 1. The van der Waals surface area contributed by atoms with Crippen molar-refractivity contribution in [2.45, 2.75) is 105 Å². The van der Waals surface area contributed by atoms with Crippen molar-refractivity contribution in [3.8, 4) is 22.2 Å². The molecule has 2 saturated carbocycles. The summed E-state index contributed by atoms with van der Waals surface area (Å²) in [4.78, 5) is 68.5. The number of nitrogens with one attached hydrogen (secondary N) is 3. The number of nitrogens with zero attached hydrogens (tertiary/aromatic N) is 3. The summed E-state index contributed by atoms with van der Waals surface area (Å²) >= 11 is 1.47. The van der Waals surface area contributed by atoms with Gasteiger partial charge in [0.25, 0.3) is 15.9 Å². The van der Waals surface area contributed by atoms with Crippen molar-refractivity contribution in [2.24, 2.45) is 5.92 Å². The summed E-state index contributed by atoms with van der Waals surface area (Å²) in [6.45, 7) is -0.0421. The highest BCUT2D eigenvalue weighted by Crippen LogP contribution is 2.46. The van der Waals surface area contributed by atoms with E-state index in [0.29, 0.717) is 41.7 Å². The van der Waals surface area contributed by atoms with Gasteiger partial charge in [-0.1, -0.05) is 43.2 Å². The number of hydrogen-bond donors (Lipinski definition) is 3. The fraction of sp³-hybridized carbons (Fsp3) is 0.442. The van der Waals surface area contributed by atoms with E-state index in [1.54, 1.807) is 0 Å². The highest BCUT2D eigenvalue weighted by atomic mass is 32.2. The van der Waals surface area contributed by atoms with Crippen molar-refractivity contribution in [3.05, 3.63) is 78.2 Å². The van der Waals surface area contributed by atoms with Crippen molar-refractivity contribution < 1.29 is 41.8 Å². The molecule has 5 atom stereocenters. The molecule has 4 amide bonds. The van der Waals surface area contributed by atoms with Gasteiger partial charge in [0, 0.05) is 12.3 Å². The predicted octanol–water partition coefficient (Wildman–Crippen LogP) is 5.65. The van der Waals surface area contributed by atoms with Crippen LogP contribution >= 0.6 is 11.3 Å². The summed E-state index contributed by atoms with van der Waals surface area (Å²) in [5.74, 6) is -1.87. The summed E-state index contributed by atoms with van der Waals surface area (Å²) < 4.78 is 46.6. The predicted molar refractivity (Wildman–Crippen MR) is 223 cm³/mol. The number of hydrogen-bond acceptors (Lipinski definition) is 12. The van der Waals surface area contributed by atoms with E-state index in [2.05, 4.69) is 15.4 Å². The third-order valence-electron chi connectivity index (χ3n) is 11.7. The van der Waals surface area contributed by atoms with Gasteiger partial charge in [0.1, 0.15) is 41.3 Å². The molecule has 4 aliphatic rings. The largest absolute Gasteiger partial charge is 0.497 e. The summed E-state index contributed by atoms with van der Waals surface area (Å²) in [7, 11) is -2.89. The first-order valence-corrected chi connectivity index (χ1v) is 22.8. The van der Waals surface area contributed by atoms with Gasteiger partial charge in [-0.05, 0) is 99.2 Å². The van der Waals surface area contributed by atoms with Gasteiger partial charge in [-0.25, -0.2) is 27.9 Å².